The molecule has 1 heterocycles. The van der Waals surface area contributed by atoms with Gasteiger partial charge in [-0.3, -0.25) is 9.59 Å². The summed E-state index contributed by atoms with van der Waals surface area (Å²) in [5, 5.41) is 3.00. The lowest BCUT2D eigenvalue weighted by atomic mass is 10.0. The van der Waals surface area contributed by atoms with Crippen molar-refractivity contribution >= 4 is 11.8 Å². The first kappa shape index (κ1) is 19.2. The minimum Gasteiger partial charge on any atom is -0.497 e. The molecule has 1 aromatic carbocycles. The number of ether oxygens (including phenoxy) is 1. The van der Waals surface area contributed by atoms with Gasteiger partial charge in [0, 0.05) is 18.7 Å². The fourth-order valence-electron chi connectivity index (χ4n) is 3.65. The number of hydrogen-bond donors (Lipinski definition) is 1. The van der Waals surface area contributed by atoms with E-state index in [1.807, 2.05) is 18.2 Å². The monoisotopic (exact) mass is 368 g/mol. The maximum Gasteiger partial charge on any atom is 0.250 e. The minimum absolute atomic E-state index is 0.0393. The Labute approximate surface area is 161 Å². The first-order valence-electron chi connectivity index (χ1n) is 9.73. The molecule has 144 valence electrons. The van der Waals surface area contributed by atoms with Crippen LogP contribution in [0.25, 0.3) is 0 Å². The summed E-state index contributed by atoms with van der Waals surface area (Å²) < 4.78 is 5.25. The average molecular weight is 368 g/mol. The quantitative estimate of drug-likeness (QED) is 0.839. The van der Waals surface area contributed by atoms with Crippen molar-refractivity contribution in [3.8, 4) is 0 Å². The van der Waals surface area contributed by atoms with Crippen molar-refractivity contribution in [3.05, 3.63) is 58.9 Å². The molecule has 1 aliphatic carbocycles. The van der Waals surface area contributed by atoms with E-state index in [4.69, 9.17) is 4.74 Å². The lowest BCUT2D eigenvalue weighted by Crippen LogP contribution is -2.46. The maximum atomic E-state index is 12.9. The molecule has 2 aliphatic rings. The molecule has 0 spiro atoms. The van der Waals surface area contributed by atoms with Crippen LogP contribution in [-0.2, 0) is 27.3 Å². The molecule has 0 radical (unpaired) electrons. The average Bonchev–Trinajstić information content (AvgIpc) is 3.21. The molecule has 0 bridgehead atoms. The van der Waals surface area contributed by atoms with Crippen LogP contribution < -0.4 is 5.32 Å². The van der Waals surface area contributed by atoms with E-state index >= 15 is 0 Å². The van der Waals surface area contributed by atoms with Gasteiger partial charge in [0.25, 0.3) is 5.91 Å². The lowest BCUT2D eigenvalue weighted by Gasteiger charge is -2.26. The highest BCUT2D eigenvalue weighted by Gasteiger charge is 2.35. The highest BCUT2D eigenvalue weighted by Crippen LogP contribution is 2.25. The molecule has 1 aliphatic heterocycles. The lowest BCUT2D eigenvalue weighted by molar-refractivity contribution is -0.135. The normalized spacial score (nSPS) is 19.3. The van der Waals surface area contributed by atoms with Crippen LogP contribution in [0, 0.1) is 0 Å². The molecular formula is C22H28N2O3. The van der Waals surface area contributed by atoms with E-state index in [0.29, 0.717) is 25.9 Å². The Bertz CT molecular complexity index is 749. The minimum atomic E-state index is -0.384. The van der Waals surface area contributed by atoms with E-state index in [2.05, 4.69) is 24.4 Å². The van der Waals surface area contributed by atoms with Crippen molar-refractivity contribution in [3.63, 3.8) is 0 Å². The zero-order valence-corrected chi connectivity index (χ0v) is 16.2. The topological polar surface area (TPSA) is 58.6 Å². The fraction of sp³-hybridized carbons (Fsp3) is 0.455. The molecule has 0 saturated carbocycles. The van der Waals surface area contributed by atoms with Crippen LogP contribution in [0.2, 0.25) is 0 Å². The first-order valence-corrected chi connectivity index (χ1v) is 9.73. The molecule has 3 rings (SSSR count). The van der Waals surface area contributed by atoms with Gasteiger partial charge in [0.05, 0.1) is 7.11 Å². The predicted molar refractivity (Wildman–Crippen MR) is 105 cm³/mol. The number of carbonyl (C=O) groups is 2. The summed E-state index contributed by atoms with van der Waals surface area (Å²) in [5.41, 5.74) is 3.08. The van der Waals surface area contributed by atoms with Crippen LogP contribution in [-0.4, -0.2) is 36.4 Å². The molecule has 27 heavy (non-hydrogen) atoms. The number of allylic oxidation sites excluding steroid dienone is 2. The summed E-state index contributed by atoms with van der Waals surface area (Å²) in [7, 11) is 1.61. The summed E-state index contributed by atoms with van der Waals surface area (Å²) in [4.78, 5) is 27.3. The van der Waals surface area contributed by atoms with Crippen molar-refractivity contribution in [1.29, 1.82) is 0 Å². The van der Waals surface area contributed by atoms with Crippen LogP contribution in [0.4, 0.5) is 0 Å². The van der Waals surface area contributed by atoms with Gasteiger partial charge in [-0.1, -0.05) is 31.2 Å². The summed E-state index contributed by atoms with van der Waals surface area (Å²) in [6.45, 7) is 3.24. The van der Waals surface area contributed by atoms with Crippen molar-refractivity contribution in [2.75, 3.05) is 13.7 Å². The van der Waals surface area contributed by atoms with Gasteiger partial charge in [-0.25, -0.2) is 0 Å². The standard InChI is InChI=1S/C22H28N2O3/c1-3-16-9-11-17(12-10-16)15-23-21(25)20-8-5-13-24(20)22(26)18-6-4-7-19(14-18)27-2/h7,9-12,14,20H,3-6,8,13,15H2,1-2H3,(H,23,25). The number of aryl methyl sites for hydroxylation is 1. The molecule has 5 heteroatoms. The fourth-order valence-corrected chi connectivity index (χ4v) is 3.65. The third-order valence-electron chi connectivity index (χ3n) is 5.30. The number of nitrogens with zero attached hydrogens (tertiary/aromatic N) is 1. The number of nitrogens with one attached hydrogen (secondary N) is 1. The number of rotatable bonds is 6. The van der Waals surface area contributed by atoms with Gasteiger partial charge in [-0.05, 0) is 55.4 Å². The van der Waals surface area contributed by atoms with Gasteiger partial charge >= 0.3 is 0 Å². The van der Waals surface area contributed by atoms with E-state index in [0.717, 1.165) is 36.2 Å². The van der Waals surface area contributed by atoms with Crippen molar-refractivity contribution in [2.24, 2.45) is 0 Å². The second kappa shape index (κ2) is 8.89. The Kier molecular flexibility index (Phi) is 6.32. The summed E-state index contributed by atoms with van der Waals surface area (Å²) in [5.74, 6) is 0.613. The number of likely N-dealkylation sites (tertiary alicyclic amines) is 1. The van der Waals surface area contributed by atoms with E-state index < -0.39 is 0 Å². The molecular weight excluding hydrogens is 340 g/mol. The van der Waals surface area contributed by atoms with Gasteiger partial charge in [-0.15, -0.1) is 0 Å². The second-order valence-electron chi connectivity index (χ2n) is 7.06. The number of amides is 2. The van der Waals surface area contributed by atoms with Crippen LogP contribution >= 0.6 is 0 Å². The smallest absolute Gasteiger partial charge is 0.250 e. The summed E-state index contributed by atoms with van der Waals surface area (Å²) in [6.07, 6.45) is 7.84. The van der Waals surface area contributed by atoms with Crippen molar-refractivity contribution in [1.82, 2.24) is 10.2 Å². The predicted octanol–water partition coefficient (Wildman–Crippen LogP) is 3.11. The zero-order valence-electron chi connectivity index (χ0n) is 16.2. The zero-order chi connectivity index (χ0) is 19.2. The molecule has 2 amide bonds. The molecule has 1 fully saturated rings. The molecule has 1 N–H and O–H groups in total. The Morgan fingerprint density at radius 3 is 2.67 bits per heavy atom. The van der Waals surface area contributed by atoms with Crippen LogP contribution in [0.5, 0.6) is 0 Å². The van der Waals surface area contributed by atoms with Gasteiger partial charge in [0.15, 0.2) is 0 Å². The molecule has 1 saturated heterocycles. The largest absolute Gasteiger partial charge is 0.497 e. The highest BCUT2D eigenvalue weighted by atomic mass is 16.5. The van der Waals surface area contributed by atoms with E-state index in [9.17, 15) is 9.59 Å². The van der Waals surface area contributed by atoms with Gasteiger partial charge in [-0.2, -0.15) is 0 Å². The summed E-state index contributed by atoms with van der Waals surface area (Å²) in [6, 6.07) is 7.88. The number of benzene rings is 1. The Morgan fingerprint density at radius 2 is 1.96 bits per heavy atom. The molecule has 1 unspecified atom stereocenters. The van der Waals surface area contributed by atoms with Crippen molar-refractivity contribution < 1.29 is 14.3 Å². The van der Waals surface area contributed by atoms with Crippen LogP contribution in [0.3, 0.4) is 0 Å². The Hall–Kier alpha value is -2.56. The SMILES string of the molecule is CCc1ccc(CNC(=O)C2CCCN2C(=O)C2=CC(OC)=CCC2)cc1. The van der Waals surface area contributed by atoms with E-state index in [-0.39, 0.29) is 17.9 Å². The molecule has 0 aromatic heterocycles. The van der Waals surface area contributed by atoms with E-state index in [1.54, 1.807) is 18.1 Å². The number of hydrogen-bond acceptors (Lipinski definition) is 3. The van der Waals surface area contributed by atoms with Crippen LogP contribution in [0.15, 0.2) is 47.7 Å². The third kappa shape index (κ3) is 4.59. The van der Waals surface area contributed by atoms with Gasteiger partial charge in [0.2, 0.25) is 5.91 Å². The molecule has 1 atom stereocenters. The Morgan fingerprint density at radius 1 is 1.22 bits per heavy atom. The Balaban J connectivity index is 1.61. The summed E-state index contributed by atoms with van der Waals surface area (Å²) >= 11 is 0. The first-order chi connectivity index (χ1) is 13.1. The molecule has 1 aromatic rings. The number of methoxy groups -OCH3 is 1. The number of carbonyl (C=O) groups excluding carboxylic acids is 2. The molecule has 5 nitrogen and oxygen atoms in total. The maximum absolute atomic E-state index is 12.9. The van der Waals surface area contributed by atoms with Gasteiger partial charge in [0.1, 0.15) is 11.8 Å². The van der Waals surface area contributed by atoms with Gasteiger partial charge < -0.3 is 15.0 Å². The third-order valence-corrected chi connectivity index (χ3v) is 5.30. The van der Waals surface area contributed by atoms with Crippen molar-refractivity contribution in [2.45, 2.75) is 51.6 Å². The second-order valence-corrected chi connectivity index (χ2v) is 7.06. The van der Waals surface area contributed by atoms with Crippen LogP contribution in [0.1, 0.15) is 43.7 Å². The van der Waals surface area contributed by atoms with E-state index in [1.165, 1.54) is 5.56 Å². The highest BCUT2D eigenvalue weighted by molar-refractivity contribution is 5.97.